The Morgan fingerprint density at radius 3 is 2.60 bits per heavy atom. The van der Waals surface area contributed by atoms with E-state index < -0.39 is 0 Å². The van der Waals surface area contributed by atoms with E-state index >= 15 is 0 Å². The van der Waals surface area contributed by atoms with Crippen LogP contribution in [0.25, 0.3) is 0 Å². The van der Waals surface area contributed by atoms with E-state index in [1.165, 1.54) is 19.4 Å². The molecule has 3 nitrogen and oxygen atoms in total. The SMILES string of the molecule is COCCN(CCNCC1CC1)C(C)C. The van der Waals surface area contributed by atoms with Crippen LogP contribution in [-0.4, -0.2) is 50.8 Å². The molecule has 0 radical (unpaired) electrons. The lowest BCUT2D eigenvalue weighted by molar-refractivity contribution is 0.130. The van der Waals surface area contributed by atoms with E-state index in [2.05, 4.69) is 24.1 Å². The highest BCUT2D eigenvalue weighted by molar-refractivity contribution is 4.75. The van der Waals surface area contributed by atoms with Gasteiger partial charge in [-0.25, -0.2) is 0 Å². The van der Waals surface area contributed by atoms with Gasteiger partial charge in [0.25, 0.3) is 0 Å². The topological polar surface area (TPSA) is 24.5 Å². The summed E-state index contributed by atoms with van der Waals surface area (Å²) in [7, 11) is 1.77. The molecular weight excluding hydrogens is 188 g/mol. The van der Waals surface area contributed by atoms with Crippen LogP contribution in [0.15, 0.2) is 0 Å². The Kier molecular flexibility index (Phi) is 6.22. The Hall–Kier alpha value is -0.120. The summed E-state index contributed by atoms with van der Waals surface area (Å²) in [5, 5.41) is 3.53. The van der Waals surface area contributed by atoms with Crippen molar-refractivity contribution in [3.8, 4) is 0 Å². The smallest absolute Gasteiger partial charge is 0.0589 e. The zero-order chi connectivity index (χ0) is 11.1. The highest BCUT2D eigenvalue weighted by atomic mass is 16.5. The second-order valence-corrected chi connectivity index (χ2v) is 4.77. The molecule has 1 N–H and O–H groups in total. The predicted molar refractivity (Wildman–Crippen MR) is 64.2 cm³/mol. The number of rotatable bonds is 9. The summed E-state index contributed by atoms with van der Waals surface area (Å²) in [5.74, 6) is 0.983. The number of nitrogens with one attached hydrogen (secondary N) is 1. The second-order valence-electron chi connectivity index (χ2n) is 4.77. The largest absolute Gasteiger partial charge is 0.383 e. The van der Waals surface area contributed by atoms with Crippen molar-refractivity contribution >= 4 is 0 Å². The molecule has 0 aromatic carbocycles. The Morgan fingerprint density at radius 1 is 1.33 bits per heavy atom. The zero-order valence-electron chi connectivity index (χ0n) is 10.5. The molecule has 0 amide bonds. The molecule has 0 unspecified atom stereocenters. The zero-order valence-corrected chi connectivity index (χ0v) is 10.5. The lowest BCUT2D eigenvalue weighted by atomic mass is 10.3. The average molecular weight is 214 g/mol. The molecule has 0 aromatic heterocycles. The summed E-state index contributed by atoms with van der Waals surface area (Å²) < 4.78 is 5.11. The fourth-order valence-corrected chi connectivity index (χ4v) is 1.69. The van der Waals surface area contributed by atoms with Gasteiger partial charge in [0.1, 0.15) is 0 Å². The Bertz CT molecular complexity index is 158. The average Bonchev–Trinajstić information content (AvgIpc) is 3.00. The summed E-state index contributed by atoms with van der Waals surface area (Å²) in [5.41, 5.74) is 0. The maximum Gasteiger partial charge on any atom is 0.0589 e. The maximum absolute atomic E-state index is 5.11. The van der Waals surface area contributed by atoms with Crippen LogP contribution in [0.5, 0.6) is 0 Å². The van der Waals surface area contributed by atoms with Gasteiger partial charge in [0.2, 0.25) is 0 Å². The molecule has 3 heteroatoms. The Morgan fingerprint density at radius 2 is 2.07 bits per heavy atom. The first kappa shape index (κ1) is 12.9. The lowest BCUT2D eigenvalue weighted by Gasteiger charge is -2.26. The molecular formula is C12H26N2O. The summed E-state index contributed by atoms with van der Waals surface area (Å²) in [6.45, 7) is 9.83. The fraction of sp³-hybridized carbons (Fsp3) is 1.00. The van der Waals surface area contributed by atoms with Crippen molar-refractivity contribution in [2.75, 3.05) is 39.9 Å². The normalized spacial score (nSPS) is 16.6. The molecule has 15 heavy (non-hydrogen) atoms. The van der Waals surface area contributed by atoms with Gasteiger partial charge in [0, 0.05) is 32.8 Å². The number of hydrogen-bond donors (Lipinski definition) is 1. The molecule has 0 spiro atoms. The van der Waals surface area contributed by atoms with Crippen molar-refractivity contribution in [3.63, 3.8) is 0 Å². The lowest BCUT2D eigenvalue weighted by Crippen LogP contribution is -2.39. The van der Waals surface area contributed by atoms with Crippen molar-refractivity contribution in [1.29, 1.82) is 0 Å². The summed E-state index contributed by atoms with van der Waals surface area (Å²) in [6, 6.07) is 0.614. The summed E-state index contributed by atoms with van der Waals surface area (Å²) in [4.78, 5) is 2.46. The van der Waals surface area contributed by atoms with Crippen LogP contribution in [0.4, 0.5) is 0 Å². The van der Waals surface area contributed by atoms with Crippen LogP contribution in [-0.2, 0) is 4.74 Å². The van der Waals surface area contributed by atoms with Gasteiger partial charge in [-0.05, 0) is 39.2 Å². The Balaban J connectivity index is 2.01. The molecule has 1 fully saturated rings. The third-order valence-corrected chi connectivity index (χ3v) is 3.02. The van der Waals surface area contributed by atoms with E-state index in [0.717, 1.165) is 32.2 Å². The van der Waals surface area contributed by atoms with Gasteiger partial charge in [-0.2, -0.15) is 0 Å². The molecule has 1 aliphatic carbocycles. The Labute approximate surface area is 94.2 Å². The first-order valence-corrected chi connectivity index (χ1v) is 6.17. The standard InChI is InChI=1S/C12H26N2O/c1-11(2)14(8-9-15-3)7-6-13-10-12-4-5-12/h11-13H,4-10H2,1-3H3. The minimum absolute atomic E-state index is 0.614. The van der Waals surface area contributed by atoms with Gasteiger partial charge in [-0.3, -0.25) is 4.90 Å². The summed E-state index contributed by atoms with van der Waals surface area (Å²) in [6.07, 6.45) is 2.87. The van der Waals surface area contributed by atoms with Gasteiger partial charge in [0.05, 0.1) is 6.61 Å². The van der Waals surface area contributed by atoms with Crippen LogP contribution < -0.4 is 5.32 Å². The van der Waals surface area contributed by atoms with Crippen molar-refractivity contribution in [2.45, 2.75) is 32.7 Å². The van der Waals surface area contributed by atoms with Crippen molar-refractivity contribution < 1.29 is 4.74 Å². The molecule has 0 bridgehead atoms. The molecule has 0 heterocycles. The second kappa shape index (κ2) is 7.20. The third-order valence-electron chi connectivity index (χ3n) is 3.02. The van der Waals surface area contributed by atoms with Crippen LogP contribution >= 0.6 is 0 Å². The van der Waals surface area contributed by atoms with Crippen molar-refractivity contribution in [1.82, 2.24) is 10.2 Å². The van der Waals surface area contributed by atoms with E-state index in [-0.39, 0.29) is 0 Å². The molecule has 0 saturated heterocycles. The predicted octanol–water partition coefficient (Wildman–Crippen LogP) is 1.34. The van der Waals surface area contributed by atoms with Crippen LogP contribution in [0.1, 0.15) is 26.7 Å². The van der Waals surface area contributed by atoms with Crippen LogP contribution in [0.2, 0.25) is 0 Å². The quantitative estimate of drug-likeness (QED) is 0.586. The van der Waals surface area contributed by atoms with E-state index in [9.17, 15) is 0 Å². The minimum atomic E-state index is 0.614. The van der Waals surface area contributed by atoms with E-state index in [0.29, 0.717) is 6.04 Å². The molecule has 1 saturated carbocycles. The van der Waals surface area contributed by atoms with E-state index in [1.54, 1.807) is 7.11 Å². The molecule has 1 aliphatic rings. The van der Waals surface area contributed by atoms with Crippen molar-refractivity contribution in [2.24, 2.45) is 5.92 Å². The number of nitrogens with zero attached hydrogens (tertiary/aromatic N) is 1. The summed E-state index contributed by atoms with van der Waals surface area (Å²) >= 11 is 0. The van der Waals surface area contributed by atoms with Gasteiger partial charge in [-0.15, -0.1) is 0 Å². The molecule has 0 atom stereocenters. The van der Waals surface area contributed by atoms with Gasteiger partial charge in [0.15, 0.2) is 0 Å². The maximum atomic E-state index is 5.11. The molecule has 0 aliphatic heterocycles. The molecule has 1 rings (SSSR count). The third kappa shape index (κ3) is 6.13. The van der Waals surface area contributed by atoms with Crippen LogP contribution in [0.3, 0.4) is 0 Å². The number of methoxy groups -OCH3 is 1. The van der Waals surface area contributed by atoms with E-state index in [4.69, 9.17) is 4.74 Å². The van der Waals surface area contributed by atoms with E-state index in [1.807, 2.05) is 0 Å². The van der Waals surface area contributed by atoms with Gasteiger partial charge in [-0.1, -0.05) is 0 Å². The fourth-order valence-electron chi connectivity index (χ4n) is 1.69. The van der Waals surface area contributed by atoms with Crippen molar-refractivity contribution in [3.05, 3.63) is 0 Å². The van der Waals surface area contributed by atoms with Crippen LogP contribution in [0, 0.1) is 5.92 Å². The monoisotopic (exact) mass is 214 g/mol. The minimum Gasteiger partial charge on any atom is -0.383 e. The molecule has 90 valence electrons. The van der Waals surface area contributed by atoms with Gasteiger partial charge >= 0.3 is 0 Å². The first-order chi connectivity index (χ1) is 7.24. The highest BCUT2D eigenvalue weighted by Gasteiger charge is 2.20. The highest BCUT2D eigenvalue weighted by Crippen LogP contribution is 2.27. The number of hydrogen-bond acceptors (Lipinski definition) is 3. The number of ether oxygens (including phenoxy) is 1. The van der Waals surface area contributed by atoms with Gasteiger partial charge < -0.3 is 10.1 Å². The molecule has 0 aromatic rings. The first-order valence-electron chi connectivity index (χ1n) is 6.17.